The maximum Gasteiger partial charge on any atom is 0.259 e. The molecule has 7 heteroatoms. The van der Waals surface area contributed by atoms with E-state index in [1.165, 1.54) is 12.3 Å². The van der Waals surface area contributed by atoms with Gasteiger partial charge in [-0.3, -0.25) is 4.79 Å². The van der Waals surface area contributed by atoms with Crippen LogP contribution < -0.4 is 15.4 Å². The molecule has 0 saturated carbocycles. The lowest BCUT2D eigenvalue weighted by Crippen LogP contribution is -2.16. The van der Waals surface area contributed by atoms with E-state index in [0.717, 1.165) is 5.56 Å². The summed E-state index contributed by atoms with van der Waals surface area (Å²) in [6.07, 6.45) is 1.45. The summed E-state index contributed by atoms with van der Waals surface area (Å²) >= 11 is 0. The fourth-order valence-corrected chi connectivity index (χ4v) is 2.70. The van der Waals surface area contributed by atoms with Crippen molar-refractivity contribution in [1.29, 1.82) is 0 Å². The predicted molar refractivity (Wildman–Crippen MR) is 106 cm³/mol. The molecular formula is C21H21FN4O2. The average Bonchev–Trinajstić information content (AvgIpc) is 2.67. The van der Waals surface area contributed by atoms with E-state index < -0.39 is 0 Å². The fraction of sp³-hybridized carbons (Fsp3) is 0.190. The van der Waals surface area contributed by atoms with Crippen molar-refractivity contribution < 1.29 is 13.9 Å². The SMILES string of the molecule is COc1ccc(C)cc1NC(=O)c1cnc(NCc2ccccc2F)nc1C. The van der Waals surface area contributed by atoms with Gasteiger partial charge in [-0.2, -0.15) is 0 Å². The van der Waals surface area contributed by atoms with Gasteiger partial charge in [0.05, 0.1) is 24.1 Å². The Morgan fingerprint density at radius 2 is 1.96 bits per heavy atom. The van der Waals surface area contributed by atoms with Crippen molar-refractivity contribution in [3.8, 4) is 5.75 Å². The third-order valence-electron chi connectivity index (χ3n) is 4.22. The molecule has 0 aliphatic heterocycles. The standard InChI is InChI=1S/C21H21FN4O2/c1-13-8-9-19(28-3)18(10-13)26-20(27)16-12-24-21(25-14(16)2)23-11-15-6-4-5-7-17(15)22/h4-10,12H,11H2,1-3H3,(H,26,27)(H,23,24,25). The van der Waals surface area contributed by atoms with Crippen molar-refractivity contribution in [3.63, 3.8) is 0 Å². The molecule has 1 aromatic heterocycles. The van der Waals surface area contributed by atoms with E-state index in [1.807, 2.05) is 19.1 Å². The molecule has 0 saturated heterocycles. The Hall–Kier alpha value is -3.48. The number of carbonyl (C=O) groups is 1. The van der Waals surface area contributed by atoms with Crippen LogP contribution in [0, 0.1) is 19.7 Å². The summed E-state index contributed by atoms with van der Waals surface area (Å²) in [6, 6.07) is 12.0. The van der Waals surface area contributed by atoms with Crippen LogP contribution in [0.4, 0.5) is 16.0 Å². The first kappa shape index (κ1) is 19.3. The first-order valence-electron chi connectivity index (χ1n) is 8.75. The summed E-state index contributed by atoms with van der Waals surface area (Å²) in [7, 11) is 1.55. The molecule has 3 aromatic rings. The highest BCUT2D eigenvalue weighted by Crippen LogP contribution is 2.26. The van der Waals surface area contributed by atoms with Gasteiger partial charge in [0.1, 0.15) is 11.6 Å². The molecule has 3 rings (SSSR count). The molecule has 0 radical (unpaired) electrons. The lowest BCUT2D eigenvalue weighted by atomic mass is 10.2. The number of hydrogen-bond acceptors (Lipinski definition) is 5. The van der Waals surface area contributed by atoms with Gasteiger partial charge < -0.3 is 15.4 Å². The second kappa shape index (κ2) is 8.47. The van der Waals surface area contributed by atoms with Gasteiger partial charge in [-0.25, -0.2) is 14.4 Å². The van der Waals surface area contributed by atoms with Crippen LogP contribution in [0.2, 0.25) is 0 Å². The highest BCUT2D eigenvalue weighted by atomic mass is 19.1. The molecule has 144 valence electrons. The minimum atomic E-state index is -0.331. The number of amides is 1. The first-order chi connectivity index (χ1) is 13.5. The smallest absolute Gasteiger partial charge is 0.259 e. The number of nitrogens with one attached hydrogen (secondary N) is 2. The number of carbonyl (C=O) groups excluding carboxylic acids is 1. The van der Waals surface area contributed by atoms with E-state index in [9.17, 15) is 9.18 Å². The van der Waals surface area contributed by atoms with Gasteiger partial charge in [0, 0.05) is 18.3 Å². The van der Waals surface area contributed by atoms with E-state index in [2.05, 4.69) is 20.6 Å². The highest BCUT2D eigenvalue weighted by molar-refractivity contribution is 6.05. The van der Waals surface area contributed by atoms with Crippen LogP contribution in [-0.2, 0) is 6.54 Å². The van der Waals surface area contributed by atoms with Crippen LogP contribution in [-0.4, -0.2) is 23.0 Å². The number of methoxy groups -OCH3 is 1. The molecule has 2 N–H and O–H groups in total. The number of anilines is 2. The number of benzene rings is 2. The number of aromatic nitrogens is 2. The van der Waals surface area contributed by atoms with Crippen molar-refractivity contribution in [2.45, 2.75) is 20.4 Å². The average molecular weight is 380 g/mol. The zero-order valence-electron chi connectivity index (χ0n) is 15.9. The van der Waals surface area contributed by atoms with Crippen molar-refractivity contribution in [2.75, 3.05) is 17.7 Å². The van der Waals surface area contributed by atoms with Crippen LogP contribution >= 0.6 is 0 Å². The molecule has 0 aliphatic carbocycles. The lowest BCUT2D eigenvalue weighted by molar-refractivity contribution is 0.102. The van der Waals surface area contributed by atoms with Gasteiger partial charge in [0.25, 0.3) is 5.91 Å². The molecule has 6 nitrogen and oxygen atoms in total. The van der Waals surface area contributed by atoms with Gasteiger partial charge in [-0.15, -0.1) is 0 Å². The van der Waals surface area contributed by atoms with Crippen molar-refractivity contribution in [1.82, 2.24) is 9.97 Å². The van der Waals surface area contributed by atoms with E-state index in [1.54, 1.807) is 38.3 Å². The molecule has 28 heavy (non-hydrogen) atoms. The van der Waals surface area contributed by atoms with Crippen LogP contribution in [0.25, 0.3) is 0 Å². The summed E-state index contributed by atoms with van der Waals surface area (Å²) in [5.41, 5.74) is 2.94. The topological polar surface area (TPSA) is 76.1 Å². The Labute approximate surface area is 162 Å². The molecule has 0 atom stereocenters. The number of nitrogens with zero attached hydrogens (tertiary/aromatic N) is 2. The highest BCUT2D eigenvalue weighted by Gasteiger charge is 2.14. The van der Waals surface area contributed by atoms with Gasteiger partial charge in [-0.05, 0) is 37.6 Å². The quantitative estimate of drug-likeness (QED) is 0.673. The summed E-state index contributed by atoms with van der Waals surface area (Å²) in [5, 5.41) is 5.80. The van der Waals surface area contributed by atoms with E-state index >= 15 is 0 Å². The summed E-state index contributed by atoms with van der Waals surface area (Å²) < 4.78 is 19.0. The molecular weight excluding hydrogens is 359 g/mol. The maximum absolute atomic E-state index is 13.7. The summed E-state index contributed by atoms with van der Waals surface area (Å²) in [5.74, 6) is 0.267. The summed E-state index contributed by atoms with van der Waals surface area (Å²) in [6.45, 7) is 3.90. The molecule has 0 fully saturated rings. The van der Waals surface area contributed by atoms with Gasteiger partial charge in [0.2, 0.25) is 5.95 Å². The predicted octanol–water partition coefficient (Wildman–Crippen LogP) is 4.11. The molecule has 0 aliphatic rings. The van der Waals surface area contributed by atoms with Crippen LogP contribution in [0.3, 0.4) is 0 Å². The number of hydrogen-bond donors (Lipinski definition) is 2. The Morgan fingerprint density at radius 3 is 2.68 bits per heavy atom. The second-order valence-electron chi connectivity index (χ2n) is 6.30. The molecule has 0 bridgehead atoms. The zero-order chi connectivity index (χ0) is 20.1. The fourth-order valence-electron chi connectivity index (χ4n) is 2.70. The van der Waals surface area contributed by atoms with Crippen LogP contribution in [0.1, 0.15) is 27.2 Å². The van der Waals surface area contributed by atoms with Gasteiger partial charge in [0.15, 0.2) is 0 Å². The Balaban J connectivity index is 1.72. The Bertz CT molecular complexity index is 1010. The largest absolute Gasteiger partial charge is 0.495 e. The summed E-state index contributed by atoms with van der Waals surface area (Å²) in [4.78, 5) is 21.1. The molecule has 1 amide bonds. The van der Waals surface area contributed by atoms with Crippen molar-refractivity contribution >= 4 is 17.5 Å². The zero-order valence-corrected chi connectivity index (χ0v) is 15.9. The third kappa shape index (κ3) is 4.43. The number of rotatable bonds is 6. The third-order valence-corrected chi connectivity index (χ3v) is 4.22. The Kier molecular flexibility index (Phi) is 5.84. The number of aryl methyl sites for hydroxylation is 2. The Morgan fingerprint density at radius 1 is 1.18 bits per heavy atom. The van der Waals surface area contributed by atoms with E-state index in [0.29, 0.717) is 34.2 Å². The van der Waals surface area contributed by atoms with Crippen molar-refractivity contribution in [3.05, 3.63) is 76.9 Å². The molecule has 1 heterocycles. The number of halogens is 1. The molecule has 2 aromatic carbocycles. The van der Waals surface area contributed by atoms with Crippen LogP contribution in [0.5, 0.6) is 5.75 Å². The molecule has 0 spiro atoms. The van der Waals surface area contributed by atoms with Crippen molar-refractivity contribution in [2.24, 2.45) is 0 Å². The van der Waals surface area contributed by atoms with E-state index in [-0.39, 0.29) is 18.3 Å². The number of ether oxygens (including phenoxy) is 1. The molecule has 0 unspecified atom stereocenters. The minimum absolute atomic E-state index is 0.248. The van der Waals surface area contributed by atoms with E-state index in [4.69, 9.17) is 4.74 Å². The second-order valence-corrected chi connectivity index (χ2v) is 6.30. The minimum Gasteiger partial charge on any atom is -0.495 e. The lowest BCUT2D eigenvalue weighted by Gasteiger charge is -2.12. The van der Waals surface area contributed by atoms with Gasteiger partial charge >= 0.3 is 0 Å². The maximum atomic E-state index is 13.7. The first-order valence-corrected chi connectivity index (χ1v) is 8.75. The monoisotopic (exact) mass is 380 g/mol. The normalized spacial score (nSPS) is 10.4. The van der Waals surface area contributed by atoms with Crippen LogP contribution in [0.15, 0.2) is 48.7 Å². The van der Waals surface area contributed by atoms with Gasteiger partial charge in [-0.1, -0.05) is 24.3 Å².